The van der Waals surface area contributed by atoms with Gasteiger partial charge >= 0.3 is 5.97 Å². The highest BCUT2D eigenvalue weighted by molar-refractivity contribution is 7.17. The van der Waals surface area contributed by atoms with E-state index in [4.69, 9.17) is 4.74 Å². The van der Waals surface area contributed by atoms with E-state index in [-0.39, 0.29) is 16.5 Å². The normalized spacial score (nSPS) is 11.2. The number of ether oxygens (including phenoxy) is 1. The van der Waals surface area contributed by atoms with Gasteiger partial charge in [0.05, 0.1) is 17.6 Å². The number of hydrogen-bond acceptors (Lipinski definition) is 5. The van der Waals surface area contributed by atoms with Crippen molar-refractivity contribution in [3.8, 4) is 0 Å². The third-order valence-electron chi connectivity index (χ3n) is 3.52. The molecule has 0 unspecified atom stereocenters. The van der Waals surface area contributed by atoms with Gasteiger partial charge in [-0.25, -0.2) is 9.78 Å². The Kier molecular flexibility index (Phi) is 5.68. The number of rotatable bonds is 8. The zero-order valence-electron chi connectivity index (χ0n) is 12.8. The molecule has 0 spiro atoms. The number of aromatic nitrogens is 2. The van der Waals surface area contributed by atoms with E-state index in [1.807, 2.05) is 0 Å². The lowest BCUT2D eigenvalue weighted by atomic mass is 10.2. The Morgan fingerprint density at radius 3 is 2.86 bits per heavy atom. The van der Waals surface area contributed by atoms with Crippen molar-refractivity contribution in [1.29, 1.82) is 0 Å². The second-order valence-electron chi connectivity index (χ2n) is 5.07. The van der Waals surface area contributed by atoms with Gasteiger partial charge in [-0.2, -0.15) is 0 Å². The predicted octanol–water partition coefficient (Wildman–Crippen LogP) is 2.54. The molecule has 0 saturated heterocycles. The number of thiophene rings is 1. The molecule has 0 atom stereocenters. The van der Waals surface area contributed by atoms with E-state index in [0.717, 1.165) is 19.3 Å². The largest absolute Gasteiger partial charge is 0.478 e. The van der Waals surface area contributed by atoms with Gasteiger partial charge in [0.15, 0.2) is 0 Å². The smallest absolute Gasteiger partial charge is 0.337 e. The molecule has 6 nitrogen and oxygen atoms in total. The maximum Gasteiger partial charge on any atom is 0.337 e. The molecule has 22 heavy (non-hydrogen) atoms. The summed E-state index contributed by atoms with van der Waals surface area (Å²) in [7, 11) is 1.60. The molecule has 0 aliphatic rings. The number of carboxylic acids is 1. The summed E-state index contributed by atoms with van der Waals surface area (Å²) in [5.41, 5.74) is -0.217. The van der Waals surface area contributed by atoms with Gasteiger partial charge in [0.1, 0.15) is 10.7 Å². The second kappa shape index (κ2) is 7.51. The summed E-state index contributed by atoms with van der Waals surface area (Å²) in [6, 6.07) is 0. The number of unbranched alkanes of at least 4 members (excludes halogenated alkanes) is 2. The fourth-order valence-corrected chi connectivity index (χ4v) is 3.28. The molecule has 120 valence electrons. The molecule has 0 amide bonds. The minimum atomic E-state index is -1.09. The van der Waals surface area contributed by atoms with Gasteiger partial charge in [0.25, 0.3) is 5.56 Å². The van der Waals surface area contributed by atoms with Crippen LogP contribution in [0, 0.1) is 0 Å². The highest BCUT2D eigenvalue weighted by atomic mass is 32.1. The molecule has 0 saturated carbocycles. The van der Waals surface area contributed by atoms with Crippen molar-refractivity contribution >= 4 is 27.5 Å². The quantitative estimate of drug-likeness (QED) is 0.755. The van der Waals surface area contributed by atoms with Gasteiger partial charge in [-0.05, 0) is 6.42 Å². The molecular formula is C15H20N2O4S. The van der Waals surface area contributed by atoms with Gasteiger partial charge in [-0.1, -0.05) is 19.8 Å². The first-order valence-corrected chi connectivity index (χ1v) is 8.21. The average Bonchev–Trinajstić information content (AvgIpc) is 2.92. The number of methoxy groups -OCH3 is 1. The molecule has 0 aliphatic heterocycles. The molecule has 2 rings (SSSR count). The summed E-state index contributed by atoms with van der Waals surface area (Å²) in [4.78, 5) is 29.0. The molecule has 0 fully saturated rings. The van der Waals surface area contributed by atoms with E-state index in [1.165, 1.54) is 16.7 Å². The minimum Gasteiger partial charge on any atom is -0.478 e. The van der Waals surface area contributed by atoms with Crippen LogP contribution in [0.5, 0.6) is 0 Å². The van der Waals surface area contributed by atoms with E-state index >= 15 is 0 Å². The molecule has 2 aromatic heterocycles. The van der Waals surface area contributed by atoms with Crippen LogP contribution in [0.3, 0.4) is 0 Å². The van der Waals surface area contributed by atoms with Crippen LogP contribution in [0.2, 0.25) is 0 Å². The van der Waals surface area contributed by atoms with Crippen molar-refractivity contribution in [1.82, 2.24) is 9.55 Å². The highest BCUT2D eigenvalue weighted by Crippen LogP contribution is 2.22. The predicted molar refractivity (Wildman–Crippen MR) is 85.9 cm³/mol. The Morgan fingerprint density at radius 2 is 2.23 bits per heavy atom. The third-order valence-corrected chi connectivity index (χ3v) is 4.39. The Hall–Kier alpha value is -1.73. The fourth-order valence-electron chi connectivity index (χ4n) is 2.36. The summed E-state index contributed by atoms with van der Waals surface area (Å²) in [6.07, 6.45) is 3.48. The zero-order chi connectivity index (χ0) is 16.1. The molecule has 0 radical (unpaired) electrons. The third kappa shape index (κ3) is 3.36. The summed E-state index contributed by atoms with van der Waals surface area (Å²) in [5, 5.41) is 10.9. The van der Waals surface area contributed by atoms with E-state index in [1.54, 1.807) is 11.7 Å². The van der Waals surface area contributed by atoms with Crippen LogP contribution in [0.4, 0.5) is 0 Å². The molecule has 0 aliphatic carbocycles. The molecule has 0 aromatic carbocycles. The standard InChI is InChI=1S/C15H20N2O4S/c1-3-4-5-7-17-11(6-8-21-2)16-13-12(14(17)18)10(9-22-13)15(19)20/h9H,3-8H2,1-2H3,(H,19,20). The first-order valence-electron chi connectivity index (χ1n) is 7.33. The van der Waals surface area contributed by atoms with Crippen LogP contribution in [0.1, 0.15) is 42.4 Å². The molecule has 1 N–H and O–H groups in total. The zero-order valence-corrected chi connectivity index (χ0v) is 13.6. The van der Waals surface area contributed by atoms with E-state index in [9.17, 15) is 14.7 Å². The van der Waals surface area contributed by atoms with Crippen LogP contribution in [0.15, 0.2) is 10.2 Å². The van der Waals surface area contributed by atoms with Gasteiger partial charge in [0.2, 0.25) is 0 Å². The van der Waals surface area contributed by atoms with E-state index in [0.29, 0.717) is 30.2 Å². The number of carbonyl (C=O) groups is 1. The van der Waals surface area contributed by atoms with Crippen LogP contribution in [-0.2, 0) is 17.7 Å². The van der Waals surface area contributed by atoms with Gasteiger partial charge in [-0.3, -0.25) is 9.36 Å². The van der Waals surface area contributed by atoms with Crippen LogP contribution in [-0.4, -0.2) is 34.3 Å². The molecule has 2 heterocycles. The van der Waals surface area contributed by atoms with Gasteiger partial charge < -0.3 is 9.84 Å². The summed E-state index contributed by atoms with van der Waals surface area (Å²) in [6.45, 7) is 3.13. The second-order valence-corrected chi connectivity index (χ2v) is 5.93. The number of aromatic carboxylic acids is 1. The number of fused-ring (bicyclic) bond motifs is 1. The minimum absolute atomic E-state index is 0.0417. The van der Waals surface area contributed by atoms with E-state index in [2.05, 4.69) is 11.9 Å². The van der Waals surface area contributed by atoms with Gasteiger partial charge in [0, 0.05) is 25.5 Å². The average molecular weight is 324 g/mol. The van der Waals surface area contributed by atoms with Crippen molar-refractivity contribution in [2.24, 2.45) is 0 Å². The SMILES string of the molecule is CCCCCn1c(CCOC)nc2scc(C(=O)O)c2c1=O. The van der Waals surface area contributed by atoms with Crippen molar-refractivity contribution in [3.63, 3.8) is 0 Å². The molecule has 2 aromatic rings. The highest BCUT2D eigenvalue weighted by Gasteiger charge is 2.19. The van der Waals surface area contributed by atoms with Gasteiger partial charge in [-0.15, -0.1) is 11.3 Å². The van der Waals surface area contributed by atoms with Crippen LogP contribution >= 0.6 is 11.3 Å². The summed E-state index contributed by atoms with van der Waals surface area (Å²) in [5.74, 6) is -0.427. The molecular weight excluding hydrogens is 304 g/mol. The fraction of sp³-hybridized carbons (Fsp3) is 0.533. The molecule has 0 bridgehead atoms. The summed E-state index contributed by atoms with van der Waals surface area (Å²) >= 11 is 1.20. The van der Waals surface area contributed by atoms with Crippen molar-refractivity contribution in [2.45, 2.75) is 39.2 Å². The first-order chi connectivity index (χ1) is 10.6. The van der Waals surface area contributed by atoms with Crippen LogP contribution in [0.25, 0.3) is 10.2 Å². The van der Waals surface area contributed by atoms with Crippen molar-refractivity contribution < 1.29 is 14.6 Å². The Labute approximate surface area is 132 Å². The van der Waals surface area contributed by atoms with Crippen LogP contribution < -0.4 is 5.56 Å². The van der Waals surface area contributed by atoms with Crippen molar-refractivity contribution in [3.05, 3.63) is 27.1 Å². The Balaban J connectivity index is 2.53. The number of nitrogens with zero attached hydrogens (tertiary/aromatic N) is 2. The van der Waals surface area contributed by atoms with E-state index < -0.39 is 5.97 Å². The Bertz CT molecular complexity index is 720. The number of carboxylic acid groups (broad SMARTS) is 1. The lowest BCUT2D eigenvalue weighted by Crippen LogP contribution is -2.26. The molecule has 7 heteroatoms. The Morgan fingerprint density at radius 1 is 1.45 bits per heavy atom. The summed E-state index contributed by atoms with van der Waals surface area (Å²) < 4.78 is 6.68. The maximum atomic E-state index is 12.7. The van der Waals surface area contributed by atoms with Crippen molar-refractivity contribution in [2.75, 3.05) is 13.7 Å². The maximum absolute atomic E-state index is 12.7. The lowest BCUT2D eigenvalue weighted by Gasteiger charge is -2.12. The topological polar surface area (TPSA) is 81.4 Å². The number of hydrogen-bond donors (Lipinski definition) is 1. The lowest BCUT2D eigenvalue weighted by molar-refractivity contribution is 0.0699. The monoisotopic (exact) mass is 324 g/mol. The first kappa shape index (κ1) is 16.6.